The Morgan fingerprint density at radius 2 is 1.51 bits per heavy atom. The van der Waals surface area contributed by atoms with Gasteiger partial charge in [-0.3, -0.25) is 4.99 Å². The molecule has 4 rings (SSSR count). The van der Waals surface area contributed by atoms with E-state index < -0.39 is 0 Å². The molecule has 3 aromatic rings. The fourth-order valence-corrected chi connectivity index (χ4v) is 4.32. The summed E-state index contributed by atoms with van der Waals surface area (Å²) in [5.74, 6) is 2.10. The number of aliphatic imine (C=N–C) groups is 1. The maximum atomic E-state index is 6.49. The minimum absolute atomic E-state index is 0.0762. The third-order valence-electron chi connectivity index (χ3n) is 6.10. The van der Waals surface area contributed by atoms with E-state index in [0.29, 0.717) is 11.7 Å². The van der Waals surface area contributed by atoms with Gasteiger partial charge in [0.1, 0.15) is 11.9 Å². The van der Waals surface area contributed by atoms with Crippen molar-refractivity contribution < 1.29 is 4.74 Å². The Labute approximate surface area is 207 Å². The van der Waals surface area contributed by atoms with E-state index in [9.17, 15) is 0 Å². The molecule has 7 nitrogen and oxygen atoms in total. The highest BCUT2D eigenvalue weighted by Gasteiger charge is 2.22. The summed E-state index contributed by atoms with van der Waals surface area (Å²) in [7, 11) is 0. The number of allylic oxidation sites excluding steroid dienone is 1. The highest BCUT2D eigenvalue weighted by molar-refractivity contribution is 5.92. The first-order chi connectivity index (χ1) is 17.0. The van der Waals surface area contributed by atoms with Crippen LogP contribution in [-0.2, 0) is 0 Å². The standard InChI is InChI=1S/C28H34N6O/c1-20(2)35-27-14-13-26(32-33-27)34-17-15-21(16-18-34)24(29)19-25(30)31-28(22-9-5-3-6-10-22)23-11-7-4-8-12-23/h3-14,19-21,28H,15-18,29H2,1-2H3,(H2,30,31). The number of nitrogens with zero attached hydrogens (tertiary/aromatic N) is 4. The first-order valence-corrected chi connectivity index (χ1v) is 12.1. The van der Waals surface area contributed by atoms with Crippen LogP contribution in [0.2, 0.25) is 0 Å². The van der Waals surface area contributed by atoms with Gasteiger partial charge in [0.15, 0.2) is 5.82 Å². The van der Waals surface area contributed by atoms with E-state index in [1.54, 1.807) is 0 Å². The Kier molecular flexibility index (Phi) is 7.98. The van der Waals surface area contributed by atoms with Crippen molar-refractivity contribution in [1.29, 1.82) is 0 Å². The second-order valence-corrected chi connectivity index (χ2v) is 9.08. The van der Waals surface area contributed by atoms with Crippen molar-refractivity contribution in [2.75, 3.05) is 18.0 Å². The molecule has 0 aliphatic carbocycles. The van der Waals surface area contributed by atoms with E-state index in [1.807, 2.05) is 68.5 Å². The smallest absolute Gasteiger partial charge is 0.233 e. The maximum absolute atomic E-state index is 6.49. The lowest BCUT2D eigenvalue weighted by Gasteiger charge is -2.32. The first kappa shape index (κ1) is 24.3. The van der Waals surface area contributed by atoms with Crippen LogP contribution in [0.25, 0.3) is 0 Å². The number of amidine groups is 1. The average molecular weight is 471 g/mol. The predicted molar refractivity (Wildman–Crippen MR) is 141 cm³/mol. The largest absolute Gasteiger partial charge is 0.474 e. The SMILES string of the molecule is CC(C)Oc1ccc(N2CCC(C(N)=CC(N)=NC(c3ccccc3)c3ccccc3)CC2)nn1. The van der Waals surface area contributed by atoms with Gasteiger partial charge in [-0.25, -0.2) is 0 Å². The highest BCUT2D eigenvalue weighted by atomic mass is 16.5. The lowest BCUT2D eigenvalue weighted by molar-refractivity contribution is 0.230. The second kappa shape index (κ2) is 11.5. The molecular formula is C28H34N6O. The normalized spacial score (nSPS) is 15.6. The van der Waals surface area contributed by atoms with Crippen LogP contribution in [0, 0.1) is 5.92 Å². The molecule has 1 saturated heterocycles. The lowest BCUT2D eigenvalue weighted by Crippen LogP contribution is -2.36. The quantitative estimate of drug-likeness (QED) is 0.372. The maximum Gasteiger partial charge on any atom is 0.233 e. The van der Waals surface area contributed by atoms with Crippen molar-refractivity contribution in [1.82, 2.24) is 10.2 Å². The Balaban J connectivity index is 1.41. The molecule has 0 atom stereocenters. The summed E-state index contributed by atoms with van der Waals surface area (Å²) in [5.41, 5.74) is 15.8. The van der Waals surface area contributed by atoms with Crippen LogP contribution in [0.4, 0.5) is 5.82 Å². The van der Waals surface area contributed by atoms with Crippen LogP contribution in [0.5, 0.6) is 5.88 Å². The van der Waals surface area contributed by atoms with E-state index >= 15 is 0 Å². The monoisotopic (exact) mass is 470 g/mol. The van der Waals surface area contributed by atoms with Crippen LogP contribution in [0.1, 0.15) is 43.9 Å². The van der Waals surface area contributed by atoms with Gasteiger partial charge in [0, 0.05) is 30.8 Å². The number of nitrogens with two attached hydrogens (primary N) is 2. The summed E-state index contributed by atoms with van der Waals surface area (Å²) in [6.07, 6.45) is 3.74. The molecule has 1 fully saturated rings. The molecule has 4 N–H and O–H groups in total. The summed E-state index contributed by atoms with van der Waals surface area (Å²) in [6.45, 7) is 5.65. The molecule has 0 saturated carbocycles. The summed E-state index contributed by atoms with van der Waals surface area (Å²) in [4.78, 5) is 7.07. The van der Waals surface area contributed by atoms with Gasteiger partial charge in [-0.1, -0.05) is 60.7 Å². The van der Waals surface area contributed by atoms with Gasteiger partial charge in [-0.2, -0.15) is 0 Å². The second-order valence-electron chi connectivity index (χ2n) is 9.08. The number of benzene rings is 2. The van der Waals surface area contributed by atoms with Crippen LogP contribution in [0.15, 0.2) is 89.6 Å². The van der Waals surface area contributed by atoms with Crippen molar-refractivity contribution in [2.45, 2.75) is 38.8 Å². The first-order valence-electron chi connectivity index (χ1n) is 12.1. The Bertz CT molecular complexity index is 1080. The lowest BCUT2D eigenvalue weighted by atomic mass is 9.93. The third kappa shape index (κ3) is 6.59. The molecule has 1 aliphatic heterocycles. The number of piperidine rings is 1. The fraction of sp³-hybridized carbons (Fsp3) is 0.321. The summed E-state index contributed by atoms with van der Waals surface area (Å²) < 4.78 is 5.59. The minimum atomic E-state index is -0.176. The van der Waals surface area contributed by atoms with Gasteiger partial charge in [-0.15, -0.1) is 10.2 Å². The molecule has 1 aromatic heterocycles. The summed E-state index contributed by atoms with van der Waals surface area (Å²) in [6, 6.07) is 24.0. The van der Waals surface area contributed by atoms with Crippen molar-refractivity contribution in [3.8, 4) is 5.88 Å². The molecule has 0 radical (unpaired) electrons. The van der Waals surface area contributed by atoms with Gasteiger partial charge in [0.05, 0.1) is 6.10 Å². The Morgan fingerprint density at radius 3 is 2.03 bits per heavy atom. The zero-order valence-electron chi connectivity index (χ0n) is 20.4. The molecule has 2 heterocycles. The van der Waals surface area contributed by atoms with E-state index in [2.05, 4.69) is 39.4 Å². The molecule has 0 bridgehead atoms. The van der Waals surface area contributed by atoms with Crippen LogP contribution in [-0.4, -0.2) is 35.2 Å². The number of hydrogen-bond donors (Lipinski definition) is 2. The van der Waals surface area contributed by atoms with Crippen molar-refractivity contribution >= 4 is 11.7 Å². The predicted octanol–water partition coefficient (Wildman–Crippen LogP) is 4.47. The molecule has 7 heteroatoms. The summed E-state index contributed by atoms with van der Waals surface area (Å²) >= 11 is 0. The summed E-state index contributed by atoms with van der Waals surface area (Å²) in [5, 5.41) is 8.51. The Morgan fingerprint density at radius 1 is 0.914 bits per heavy atom. The Hall–Kier alpha value is -3.87. The van der Waals surface area contributed by atoms with Gasteiger partial charge >= 0.3 is 0 Å². The number of ether oxygens (including phenoxy) is 1. The van der Waals surface area contributed by atoms with Gasteiger partial charge < -0.3 is 21.1 Å². The van der Waals surface area contributed by atoms with Crippen LogP contribution < -0.4 is 21.1 Å². The fourth-order valence-electron chi connectivity index (χ4n) is 4.32. The third-order valence-corrected chi connectivity index (χ3v) is 6.10. The molecule has 0 unspecified atom stereocenters. The average Bonchev–Trinajstić information content (AvgIpc) is 2.88. The molecular weight excluding hydrogens is 436 g/mol. The van der Waals surface area contributed by atoms with Gasteiger partial charge in [0.2, 0.25) is 5.88 Å². The van der Waals surface area contributed by atoms with Crippen molar-refractivity contribution in [3.05, 3.63) is 95.7 Å². The molecule has 1 aliphatic rings. The van der Waals surface area contributed by atoms with Gasteiger partial charge in [-0.05, 0) is 50.0 Å². The van der Waals surface area contributed by atoms with Crippen molar-refractivity contribution in [2.24, 2.45) is 22.4 Å². The van der Waals surface area contributed by atoms with E-state index in [4.69, 9.17) is 21.2 Å². The molecule has 35 heavy (non-hydrogen) atoms. The number of rotatable bonds is 8. The van der Waals surface area contributed by atoms with Gasteiger partial charge in [0.25, 0.3) is 0 Å². The highest BCUT2D eigenvalue weighted by Crippen LogP contribution is 2.27. The topological polar surface area (TPSA) is 103 Å². The molecule has 0 spiro atoms. The number of anilines is 1. The van der Waals surface area contributed by atoms with E-state index in [1.165, 1.54) is 0 Å². The molecule has 182 valence electrons. The number of aromatic nitrogens is 2. The van der Waals surface area contributed by atoms with Crippen LogP contribution in [0.3, 0.4) is 0 Å². The molecule has 0 amide bonds. The van der Waals surface area contributed by atoms with E-state index in [0.717, 1.165) is 48.6 Å². The van der Waals surface area contributed by atoms with Crippen LogP contribution >= 0.6 is 0 Å². The van der Waals surface area contributed by atoms with E-state index in [-0.39, 0.29) is 18.1 Å². The zero-order valence-corrected chi connectivity index (χ0v) is 20.4. The minimum Gasteiger partial charge on any atom is -0.474 e. The van der Waals surface area contributed by atoms with Crippen molar-refractivity contribution in [3.63, 3.8) is 0 Å². The zero-order chi connectivity index (χ0) is 24.6. The number of hydrogen-bond acceptors (Lipinski definition) is 6. The molecule has 2 aromatic carbocycles.